The lowest BCUT2D eigenvalue weighted by atomic mass is 9.97. The van der Waals surface area contributed by atoms with Gasteiger partial charge in [-0.1, -0.05) is 33.1 Å². The van der Waals surface area contributed by atoms with Crippen LogP contribution in [0.1, 0.15) is 59.8 Å². The van der Waals surface area contributed by atoms with Gasteiger partial charge in [-0.25, -0.2) is 0 Å². The Balaban J connectivity index is 3.89. The van der Waals surface area contributed by atoms with Gasteiger partial charge in [0.1, 0.15) is 5.54 Å². The van der Waals surface area contributed by atoms with E-state index < -0.39 is 5.54 Å². The molecule has 0 aromatic rings. The first-order valence-corrected chi connectivity index (χ1v) is 6.76. The summed E-state index contributed by atoms with van der Waals surface area (Å²) in [6.07, 6.45) is 5.54. The van der Waals surface area contributed by atoms with Crippen molar-refractivity contribution >= 4 is 0 Å². The lowest BCUT2D eigenvalue weighted by Crippen LogP contribution is -2.38. The van der Waals surface area contributed by atoms with Gasteiger partial charge in [0.05, 0.1) is 12.2 Å². The highest BCUT2D eigenvalue weighted by atomic mass is 16.5. The molecule has 0 radical (unpaired) electrons. The third kappa shape index (κ3) is 8.18. The zero-order valence-corrected chi connectivity index (χ0v) is 11.8. The van der Waals surface area contributed by atoms with E-state index in [0.717, 1.165) is 13.0 Å². The van der Waals surface area contributed by atoms with E-state index in [1.54, 1.807) is 6.92 Å². The standard InChI is InChI=1S/C14H28N2O/c1-5-7-8-13(6-2)10-17-12(3)9-14(4,16)11-15/h12-13H,5-10,16H2,1-4H3. The number of nitriles is 1. The topological polar surface area (TPSA) is 59.0 Å². The van der Waals surface area contributed by atoms with Gasteiger partial charge in [-0.3, -0.25) is 0 Å². The van der Waals surface area contributed by atoms with Crippen LogP contribution in [-0.4, -0.2) is 18.2 Å². The molecule has 0 fully saturated rings. The third-order valence-electron chi connectivity index (χ3n) is 3.13. The SMILES string of the molecule is CCCCC(CC)COC(C)CC(C)(N)C#N. The molecule has 100 valence electrons. The van der Waals surface area contributed by atoms with Crippen molar-refractivity contribution in [3.05, 3.63) is 0 Å². The second-order valence-electron chi connectivity index (χ2n) is 5.29. The van der Waals surface area contributed by atoms with Crippen molar-refractivity contribution in [2.75, 3.05) is 6.61 Å². The van der Waals surface area contributed by atoms with E-state index in [4.69, 9.17) is 15.7 Å². The molecule has 0 aliphatic carbocycles. The largest absolute Gasteiger partial charge is 0.378 e. The summed E-state index contributed by atoms with van der Waals surface area (Å²) in [6.45, 7) is 8.95. The zero-order chi connectivity index (χ0) is 13.3. The minimum Gasteiger partial charge on any atom is -0.378 e. The lowest BCUT2D eigenvalue weighted by Gasteiger charge is -2.23. The number of hydrogen-bond acceptors (Lipinski definition) is 3. The van der Waals surface area contributed by atoms with Gasteiger partial charge in [-0.05, 0) is 26.2 Å². The van der Waals surface area contributed by atoms with Gasteiger partial charge in [0.25, 0.3) is 0 Å². The molecule has 2 N–H and O–H groups in total. The van der Waals surface area contributed by atoms with Crippen molar-refractivity contribution in [1.29, 1.82) is 5.26 Å². The van der Waals surface area contributed by atoms with Gasteiger partial charge in [-0.2, -0.15) is 5.26 Å². The van der Waals surface area contributed by atoms with E-state index in [2.05, 4.69) is 19.9 Å². The molecule has 0 heterocycles. The lowest BCUT2D eigenvalue weighted by molar-refractivity contribution is 0.0250. The fraction of sp³-hybridized carbons (Fsp3) is 0.929. The molecular weight excluding hydrogens is 212 g/mol. The van der Waals surface area contributed by atoms with Crippen molar-refractivity contribution in [3.8, 4) is 6.07 Å². The Morgan fingerprint density at radius 3 is 2.53 bits per heavy atom. The first kappa shape index (κ1) is 16.4. The molecular formula is C14H28N2O. The molecule has 0 saturated carbocycles. The smallest absolute Gasteiger partial charge is 0.103 e. The highest BCUT2D eigenvalue weighted by Crippen LogP contribution is 2.16. The van der Waals surface area contributed by atoms with Crippen molar-refractivity contribution in [3.63, 3.8) is 0 Å². The van der Waals surface area contributed by atoms with Gasteiger partial charge in [0.2, 0.25) is 0 Å². The van der Waals surface area contributed by atoms with Crippen molar-refractivity contribution in [2.45, 2.75) is 71.4 Å². The molecule has 0 amide bonds. The molecule has 0 saturated heterocycles. The molecule has 0 aliphatic rings. The first-order valence-electron chi connectivity index (χ1n) is 6.76. The van der Waals surface area contributed by atoms with E-state index in [-0.39, 0.29) is 6.10 Å². The van der Waals surface area contributed by atoms with Crippen molar-refractivity contribution in [1.82, 2.24) is 0 Å². The molecule has 0 aromatic heterocycles. The molecule has 0 spiro atoms. The van der Waals surface area contributed by atoms with Gasteiger partial charge in [-0.15, -0.1) is 0 Å². The van der Waals surface area contributed by atoms with E-state index >= 15 is 0 Å². The minimum absolute atomic E-state index is 0.0559. The summed E-state index contributed by atoms with van der Waals surface area (Å²) in [7, 11) is 0. The molecule has 0 aliphatic heterocycles. The molecule has 17 heavy (non-hydrogen) atoms. The fourth-order valence-electron chi connectivity index (χ4n) is 1.90. The van der Waals surface area contributed by atoms with Crippen LogP contribution >= 0.6 is 0 Å². The van der Waals surface area contributed by atoms with Crippen LogP contribution in [0.4, 0.5) is 0 Å². The predicted molar refractivity (Wildman–Crippen MR) is 71.5 cm³/mol. The summed E-state index contributed by atoms with van der Waals surface area (Å²) in [6, 6.07) is 2.11. The second kappa shape index (κ2) is 8.49. The molecule has 3 atom stereocenters. The summed E-state index contributed by atoms with van der Waals surface area (Å²) in [4.78, 5) is 0. The molecule has 0 rings (SSSR count). The summed E-state index contributed by atoms with van der Waals surface area (Å²) in [5, 5.41) is 8.85. The van der Waals surface area contributed by atoms with E-state index in [1.807, 2.05) is 6.92 Å². The van der Waals surface area contributed by atoms with Crippen LogP contribution in [0.5, 0.6) is 0 Å². The molecule has 0 bridgehead atoms. The van der Waals surface area contributed by atoms with Crippen LogP contribution in [0, 0.1) is 17.2 Å². The highest BCUT2D eigenvalue weighted by molar-refractivity contribution is 5.01. The van der Waals surface area contributed by atoms with Crippen LogP contribution in [0.3, 0.4) is 0 Å². The quantitative estimate of drug-likeness (QED) is 0.673. The fourth-order valence-corrected chi connectivity index (χ4v) is 1.90. The number of ether oxygens (including phenoxy) is 1. The Morgan fingerprint density at radius 2 is 2.06 bits per heavy atom. The predicted octanol–water partition coefficient (Wildman–Crippen LogP) is 3.24. The van der Waals surface area contributed by atoms with Gasteiger partial charge in [0, 0.05) is 13.0 Å². The van der Waals surface area contributed by atoms with Crippen molar-refractivity contribution < 1.29 is 4.74 Å². The van der Waals surface area contributed by atoms with Gasteiger partial charge >= 0.3 is 0 Å². The monoisotopic (exact) mass is 240 g/mol. The van der Waals surface area contributed by atoms with Gasteiger partial charge in [0.15, 0.2) is 0 Å². The Bertz CT molecular complexity index is 233. The number of rotatable bonds is 9. The summed E-state index contributed by atoms with van der Waals surface area (Å²) in [5.41, 5.74) is 5.02. The Labute approximate surface area is 106 Å². The minimum atomic E-state index is -0.773. The molecule has 3 nitrogen and oxygen atoms in total. The third-order valence-corrected chi connectivity index (χ3v) is 3.13. The Morgan fingerprint density at radius 1 is 1.41 bits per heavy atom. The average molecular weight is 240 g/mol. The van der Waals surface area contributed by atoms with Crippen LogP contribution in [0.2, 0.25) is 0 Å². The van der Waals surface area contributed by atoms with E-state index in [0.29, 0.717) is 12.3 Å². The maximum atomic E-state index is 8.85. The summed E-state index contributed by atoms with van der Waals surface area (Å²) >= 11 is 0. The van der Waals surface area contributed by atoms with Crippen LogP contribution in [0.15, 0.2) is 0 Å². The maximum Gasteiger partial charge on any atom is 0.103 e. The maximum absolute atomic E-state index is 8.85. The van der Waals surface area contributed by atoms with Crippen LogP contribution < -0.4 is 5.73 Å². The van der Waals surface area contributed by atoms with E-state index in [9.17, 15) is 0 Å². The average Bonchev–Trinajstić information content (AvgIpc) is 2.29. The van der Waals surface area contributed by atoms with Crippen LogP contribution in [-0.2, 0) is 4.74 Å². The zero-order valence-electron chi connectivity index (χ0n) is 11.8. The first-order chi connectivity index (χ1) is 7.95. The Kier molecular flexibility index (Phi) is 8.20. The number of nitrogens with two attached hydrogens (primary N) is 1. The molecule has 3 unspecified atom stereocenters. The van der Waals surface area contributed by atoms with Gasteiger partial charge < -0.3 is 10.5 Å². The van der Waals surface area contributed by atoms with Crippen LogP contribution in [0.25, 0.3) is 0 Å². The second-order valence-corrected chi connectivity index (χ2v) is 5.29. The number of unbranched alkanes of at least 4 members (excludes halogenated alkanes) is 1. The Hall–Kier alpha value is -0.590. The summed E-state index contributed by atoms with van der Waals surface area (Å²) < 4.78 is 5.80. The number of hydrogen-bond donors (Lipinski definition) is 1. The highest BCUT2D eigenvalue weighted by Gasteiger charge is 2.21. The normalized spacial score (nSPS) is 18.1. The molecule has 3 heteroatoms. The number of nitrogens with zero attached hydrogens (tertiary/aromatic N) is 1. The van der Waals surface area contributed by atoms with E-state index in [1.165, 1.54) is 19.3 Å². The molecule has 0 aromatic carbocycles. The summed E-state index contributed by atoms with van der Waals surface area (Å²) in [5.74, 6) is 0.642. The van der Waals surface area contributed by atoms with Crippen molar-refractivity contribution in [2.24, 2.45) is 11.7 Å².